The highest BCUT2D eigenvalue weighted by Crippen LogP contribution is 2.30. The fourth-order valence-electron chi connectivity index (χ4n) is 3.03. The van der Waals surface area contributed by atoms with E-state index in [1.54, 1.807) is 25.1 Å². The van der Waals surface area contributed by atoms with E-state index >= 15 is 0 Å². The molecule has 0 unspecified atom stereocenters. The van der Waals surface area contributed by atoms with E-state index in [0.717, 1.165) is 16.8 Å². The number of nitrogens with one attached hydrogen (secondary N) is 1. The summed E-state index contributed by atoms with van der Waals surface area (Å²) in [5, 5.41) is 2.91. The molecule has 0 fully saturated rings. The molecule has 0 aromatic heterocycles. The smallest absolute Gasteiger partial charge is 0.339 e. The molecule has 162 valence electrons. The quantitative estimate of drug-likeness (QED) is 0.579. The molecule has 0 radical (unpaired) electrons. The van der Waals surface area contributed by atoms with Crippen molar-refractivity contribution in [3.63, 3.8) is 0 Å². The lowest BCUT2D eigenvalue weighted by Gasteiger charge is -2.19. The number of carbonyl (C=O) groups excluding carboxylic acids is 2. The van der Waals surface area contributed by atoms with Crippen molar-refractivity contribution in [2.24, 2.45) is 0 Å². The number of carbonyl (C=O) groups is 2. The van der Waals surface area contributed by atoms with E-state index in [0.29, 0.717) is 30.3 Å². The molecule has 1 atom stereocenters. The summed E-state index contributed by atoms with van der Waals surface area (Å²) in [5.74, 6) is 0.291. The summed E-state index contributed by atoms with van der Waals surface area (Å²) < 4.78 is 16.5. The first-order valence-corrected chi connectivity index (χ1v) is 10.3. The van der Waals surface area contributed by atoms with Gasteiger partial charge in [0.05, 0.1) is 18.8 Å². The van der Waals surface area contributed by atoms with Gasteiger partial charge in [-0.25, -0.2) is 4.79 Å². The zero-order chi connectivity index (χ0) is 22.3. The molecule has 0 aliphatic carbocycles. The molecular weight excluding hydrogens is 382 g/mol. The SMILES string of the molecule is CCOc1ccc(C(=O)O[C@H](C)C(=O)Nc2c(C)cccc2C(C)C)cc1OCC. The summed E-state index contributed by atoms with van der Waals surface area (Å²) in [4.78, 5) is 25.3. The Labute approximate surface area is 178 Å². The van der Waals surface area contributed by atoms with Gasteiger partial charge in [0.1, 0.15) is 0 Å². The standard InChI is InChI=1S/C24H31NO5/c1-7-28-20-13-12-18(14-21(20)29-8-2)24(27)30-17(6)23(26)25-22-16(5)10-9-11-19(22)15(3)4/h9-15,17H,7-8H2,1-6H3,(H,25,26)/t17-/m1/s1. The number of anilines is 1. The molecule has 0 heterocycles. The summed E-state index contributed by atoms with van der Waals surface area (Å²) in [6, 6.07) is 10.7. The lowest BCUT2D eigenvalue weighted by molar-refractivity contribution is -0.123. The van der Waals surface area contributed by atoms with Crippen LogP contribution in [0.25, 0.3) is 0 Å². The van der Waals surface area contributed by atoms with Crippen LogP contribution in [0.4, 0.5) is 5.69 Å². The summed E-state index contributed by atoms with van der Waals surface area (Å²) in [7, 11) is 0. The molecule has 30 heavy (non-hydrogen) atoms. The second-order valence-electron chi connectivity index (χ2n) is 7.26. The number of hydrogen-bond acceptors (Lipinski definition) is 5. The Morgan fingerprint density at radius 1 is 0.967 bits per heavy atom. The Bertz CT molecular complexity index is 891. The van der Waals surface area contributed by atoms with Crippen LogP contribution in [0, 0.1) is 6.92 Å². The van der Waals surface area contributed by atoms with Crippen molar-refractivity contribution in [2.45, 2.75) is 53.6 Å². The predicted molar refractivity (Wildman–Crippen MR) is 118 cm³/mol. The van der Waals surface area contributed by atoms with E-state index in [-0.39, 0.29) is 11.8 Å². The maximum Gasteiger partial charge on any atom is 0.339 e. The minimum absolute atomic E-state index is 0.249. The van der Waals surface area contributed by atoms with Crippen LogP contribution in [0.5, 0.6) is 11.5 Å². The van der Waals surface area contributed by atoms with Crippen molar-refractivity contribution in [3.05, 3.63) is 53.1 Å². The van der Waals surface area contributed by atoms with Crippen molar-refractivity contribution < 1.29 is 23.8 Å². The van der Waals surface area contributed by atoms with Crippen molar-refractivity contribution in [3.8, 4) is 11.5 Å². The molecule has 0 aliphatic heterocycles. The highest BCUT2D eigenvalue weighted by molar-refractivity contribution is 5.98. The van der Waals surface area contributed by atoms with Gasteiger partial charge >= 0.3 is 5.97 Å². The van der Waals surface area contributed by atoms with E-state index in [1.165, 1.54) is 0 Å². The fourth-order valence-corrected chi connectivity index (χ4v) is 3.03. The van der Waals surface area contributed by atoms with E-state index in [9.17, 15) is 9.59 Å². The van der Waals surface area contributed by atoms with Gasteiger partial charge in [-0.15, -0.1) is 0 Å². The number of rotatable bonds is 9. The van der Waals surface area contributed by atoms with Gasteiger partial charge in [0.2, 0.25) is 0 Å². The second-order valence-corrected chi connectivity index (χ2v) is 7.26. The minimum Gasteiger partial charge on any atom is -0.490 e. The van der Waals surface area contributed by atoms with Gasteiger partial charge in [0.25, 0.3) is 5.91 Å². The Hall–Kier alpha value is -3.02. The van der Waals surface area contributed by atoms with E-state index in [1.807, 2.05) is 39.0 Å². The lowest BCUT2D eigenvalue weighted by atomic mass is 9.98. The molecule has 0 saturated heterocycles. The van der Waals surface area contributed by atoms with Crippen LogP contribution >= 0.6 is 0 Å². The molecule has 6 nitrogen and oxygen atoms in total. The van der Waals surface area contributed by atoms with Gasteiger partial charge in [-0.1, -0.05) is 32.0 Å². The van der Waals surface area contributed by atoms with Crippen LogP contribution in [0.1, 0.15) is 62.0 Å². The predicted octanol–water partition coefficient (Wildman–Crippen LogP) is 5.10. The van der Waals surface area contributed by atoms with Crippen molar-refractivity contribution in [1.29, 1.82) is 0 Å². The first-order chi connectivity index (χ1) is 14.3. The number of para-hydroxylation sites is 1. The number of benzene rings is 2. The first kappa shape index (κ1) is 23.3. The summed E-state index contributed by atoms with van der Waals surface area (Å²) >= 11 is 0. The summed E-state index contributed by atoms with van der Waals surface area (Å²) in [5.41, 5.74) is 3.05. The molecule has 0 aliphatic rings. The van der Waals surface area contributed by atoms with Gasteiger partial charge in [0.15, 0.2) is 17.6 Å². The maximum atomic E-state index is 12.7. The highest BCUT2D eigenvalue weighted by atomic mass is 16.5. The number of aryl methyl sites for hydroxylation is 1. The zero-order valence-electron chi connectivity index (χ0n) is 18.6. The second kappa shape index (κ2) is 10.7. The third kappa shape index (κ3) is 5.75. The normalized spacial score (nSPS) is 11.7. The van der Waals surface area contributed by atoms with Crippen LogP contribution in [0.15, 0.2) is 36.4 Å². The average molecular weight is 414 g/mol. The van der Waals surface area contributed by atoms with Gasteiger partial charge in [0, 0.05) is 5.69 Å². The number of ether oxygens (including phenoxy) is 3. The number of amides is 1. The van der Waals surface area contributed by atoms with Crippen molar-refractivity contribution in [2.75, 3.05) is 18.5 Å². The van der Waals surface area contributed by atoms with Gasteiger partial charge in [-0.2, -0.15) is 0 Å². The Morgan fingerprint density at radius 2 is 1.63 bits per heavy atom. The largest absolute Gasteiger partial charge is 0.490 e. The molecule has 6 heteroatoms. The monoisotopic (exact) mass is 413 g/mol. The zero-order valence-corrected chi connectivity index (χ0v) is 18.6. The molecule has 2 aromatic carbocycles. The van der Waals surface area contributed by atoms with Crippen LogP contribution < -0.4 is 14.8 Å². The molecule has 1 N–H and O–H groups in total. The molecular formula is C24H31NO5. The Kier molecular flexibility index (Phi) is 8.27. The maximum absolute atomic E-state index is 12.7. The lowest BCUT2D eigenvalue weighted by Crippen LogP contribution is -2.30. The highest BCUT2D eigenvalue weighted by Gasteiger charge is 2.22. The van der Waals surface area contributed by atoms with Crippen molar-refractivity contribution >= 4 is 17.6 Å². The van der Waals surface area contributed by atoms with E-state index < -0.39 is 12.1 Å². The Balaban J connectivity index is 2.12. The van der Waals surface area contributed by atoms with Crippen LogP contribution in [-0.2, 0) is 9.53 Å². The van der Waals surface area contributed by atoms with Crippen LogP contribution in [-0.4, -0.2) is 31.2 Å². The summed E-state index contributed by atoms with van der Waals surface area (Å²) in [6.07, 6.45) is -0.959. The average Bonchev–Trinajstić information content (AvgIpc) is 2.70. The van der Waals surface area contributed by atoms with Gasteiger partial charge in [-0.05, 0) is 62.9 Å². The molecule has 2 aromatic rings. The van der Waals surface area contributed by atoms with Crippen LogP contribution in [0.2, 0.25) is 0 Å². The summed E-state index contributed by atoms with van der Waals surface area (Å²) in [6.45, 7) is 12.3. The molecule has 0 saturated carbocycles. The Morgan fingerprint density at radius 3 is 2.27 bits per heavy atom. The topological polar surface area (TPSA) is 73.9 Å². The molecule has 1 amide bonds. The number of hydrogen-bond donors (Lipinski definition) is 1. The van der Waals surface area contributed by atoms with Gasteiger partial charge in [-0.3, -0.25) is 4.79 Å². The minimum atomic E-state index is -0.959. The third-order valence-corrected chi connectivity index (χ3v) is 4.61. The van der Waals surface area contributed by atoms with E-state index in [2.05, 4.69) is 19.2 Å². The molecule has 2 rings (SSSR count). The third-order valence-electron chi connectivity index (χ3n) is 4.61. The number of esters is 1. The molecule has 0 bridgehead atoms. The van der Waals surface area contributed by atoms with Gasteiger partial charge < -0.3 is 19.5 Å². The van der Waals surface area contributed by atoms with Crippen molar-refractivity contribution in [1.82, 2.24) is 0 Å². The molecule has 0 spiro atoms. The van der Waals surface area contributed by atoms with E-state index in [4.69, 9.17) is 14.2 Å². The van der Waals surface area contributed by atoms with Crippen LogP contribution in [0.3, 0.4) is 0 Å². The fraction of sp³-hybridized carbons (Fsp3) is 0.417. The first-order valence-electron chi connectivity index (χ1n) is 10.3.